The van der Waals surface area contributed by atoms with Crippen molar-refractivity contribution in [1.82, 2.24) is 19.5 Å². The monoisotopic (exact) mass is 395 g/mol. The molecule has 3 aromatic heterocycles. The van der Waals surface area contributed by atoms with E-state index < -0.39 is 0 Å². The van der Waals surface area contributed by atoms with E-state index >= 15 is 0 Å². The number of fused-ring (bicyclic) bond motifs is 1. The van der Waals surface area contributed by atoms with Crippen molar-refractivity contribution < 1.29 is 4.79 Å². The van der Waals surface area contributed by atoms with Crippen molar-refractivity contribution >= 4 is 28.7 Å². The number of thiophene rings is 1. The van der Waals surface area contributed by atoms with E-state index in [-0.39, 0.29) is 11.9 Å². The quantitative estimate of drug-likeness (QED) is 0.671. The largest absolute Gasteiger partial charge is 0.356 e. The summed E-state index contributed by atoms with van der Waals surface area (Å²) >= 11 is 1.57. The molecule has 0 bridgehead atoms. The van der Waals surface area contributed by atoms with Gasteiger partial charge in [-0.15, -0.1) is 0 Å². The highest BCUT2D eigenvalue weighted by Gasteiger charge is 2.31. The molecule has 0 unspecified atom stereocenters. The first-order valence-electron chi connectivity index (χ1n) is 10.2. The molecular formula is C21H25N5OS. The van der Waals surface area contributed by atoms with Crippen molar-refractivity contribution in [3.8, 4) is 0 Å². The minimum Gasteiger partial charge on any atom is -0.356 e. The van der Waals surface area contributed by atoms with Gasteiger partial charge >= 0.3 is 0 Å². The van der Waals surface area contributed by atoms with Gasteiger partial charge in [-0.1, -0.05) is 0 Å². The Bertz CT molecular complexity index is 990. The summed E-state index contributed by atoms with van der Waals surface area (Å²) < 4.78 is 1.88. The van der Waals surface area contributed by atoms with E-state index in [4.69, 9.17) is 10.1 Å². The summed E-state index contributed by atoms with van der Waals surface area (Å²) in [6.07, 6.45) is 7.68. The molecule has 0 radical (unpaired) electrons. The van der Waals surface area contributed by atoms with Gasteiger partial charge in [-0.3, -0.25) is 4.79 Å². The third-order valence-electron chi connectivity index (χ3n) is 5.90. The van der Waals surface area contributed by atoms with Crippen LogP contribution in [0.15, 0.2) is 29.1 Å². The summed E-state index contributed by atoms with van der Waals surface area (Å²) in [7, 11) is 0. The Hall–Kier alpha value is -2.41. The maximum Gasteiger partial charge on any atom is 0.255 e. The number of hydrogen-bond donors (Lipinski definition) is 0. The van der Waals surface area contributed by atoms with E-state index in [9.17, 15) is 4.79 Å². The molecule has 0 N–H and O–H groups in total. The molecule has 2 aliphatic heterocycles. The van der Waals surface area contributed by atoms with Crippen molar-refractivity contribution in [3.63, 3.8) is 0 Å². The molecule has 0 aliphatic carbocycles. The number of anilines is 1. The maximum atomic E-state index is 13.0. The second kappa shape index (κ2) is 7.20. The second-order valence-electron chi connectivity index (χ2n) is 7.84. The number of aromatic nitrogens is 3. The van der Waals surface area contributed by atoms with Gasteiger partial charge in [0.1, 0.15) is 5.82 Å². The molecule has 5 heterocycles. The number of likely N-dealkylation sites (tertiary alicyclic amines) is 1. The van der Waals surface area contributed by atoms with E-state index in [1.807, 2.05) is 26.2 Å². The van der Waals surface area contributed by atoms with E-state index in [2.05, 4.69) is 24.1 Å². The fourth-order valence-corrected chi connectivity index (χ4v) is 5.09. The fraction of sp³-hybridized carbons (Fsp3) is 0.476. The molecular weight excluding hydrogens is 370 g/mol. The van der Waals surface area contributed by atoms with Gasteiger partial charge in [0.25, 0.3) is 5.91 Å². The average Bonchev–Trinajstić information content (AvgIpc) is 3.47. The lowest BCUT2D eigenvalue weighted by molar-refractivity contribution is 0.0606. The third kappa shape index (κ3) is 3.07. The molecule has 28 heavy (non-hydrogen) atoms. The molecule has 6 nitrogen and oxygen atoms in total. The van der Waals surface area contributed by atoms with Gasteiger partial charge in [-0.2, -0.15) is 16.4 Å². The van der Waals surface area contributed by atoms with Gasteiger partial charge in [0.15, 0.2) is 5.65 Å². The number of carbonyl (C=O) groups is 1. The maximum absolute atomic E-state index is 13.0. The summed E-state index contributed by atoms with van der Waals surface area (Å²) in [5.41, 5.74) is 3.76. The van der Waals surface area contributed by atoms with Gasteiger partial charge in [0.2, 0.25) is 0 Å². The van der Waals surface area contributed by atoms with Gasteiger partial charge < -0.3 is 9.80 Å². The molecule has 0 aromatic carbocycles. The zero-order valence-corrected chi connectivity index (χ0v) is 17.0. The lowest BCUT2D eigenvalue weighted by Gasteiger charge is -2.34. The average molecular weight is 396 g/mol. The molecule has 1 atom stereocenters. The summed E-state index contributed by atoms with van der Waals surface area (Å²) in [5.74, 6) is 1.19. The predicted molar refractivity (Wildman–Crippen MR) is 111 cm³/mol. The van der Waals surface area contributed by atoms with Crippen LogP contribution < -0.4 is 4.90 Å². The van der Waals surface area contributed by atoms with Crippen LogP contribution in [0.4, 0.5) is 5.82 Å². The SMILES string of the molecule is Cc1cn2nc([C@@H]3CCCCN3C(=O)c3ccsc3)cc2nc1N1CCCC1. The van der Waals surface area contributed by atoms with E-state index in [1.165, 1.54) is 12.8 Å². The summed E-state index contributed by atoms with van der Waals surface area (Å²) in [5, 5.41) is 8.72. The Morgan fingerprint density at radius 2 is 2.00 bits per heavy atom. The van der Waals surface area contributed by atoms with E-state index in [0.29, 0.717) is 0 Å². The second-order valence-corrected chi connectivity index (χ2v) is 8.62. The fourth-order valence-electron chi connectivity index (χ4n) is 4.47. The molecule has 7 heteroatoms. The first kappa shape index (κ1) is 17.7. The van der Waals surface area contributed by atoms with Crippen molar-refractivity contribution in [2.75, 3.05) is 24.5 Å². The Kier molecular flexibility index (Phi) is 4.55. The molecule has 146 valence electrons. The van der Waals surface area contributed by atoms with Crippen LogP contribution in [0.2, 0.25) is 0 Å². The summed E-state index contributed by atoms with van der Waals surface area (Å²) in [6, 6.07) is 4.01. The van der Waals surface area contributed by atoms with Crippen LogP contribution in [-0.2, 0) is 0 Å². The highest BCUT2D eigenvalue weighted by molar-refractivity contribution is 7.08. The van der Waals surface area contributed by atoms with Crippen LogP contribution in [0.5, 0.6) is 0 Å². The Labute approximate surface area is 168 Å². The van der Waals surface area contributed by atoms with Gasteiger partial charge in [0, 0.05) is 42.8 Å². The van der Waals surface area contributed by atoms with Gasteiger partial charge in [0.05, 0.1) is 17.3 Å². The van der Waals surface area contributed by atoms with Gasteiger partial charge in [-0.25, -0.2) is 9.50 Å². The normalized spacial score (nSPS) is 20.2. The van der Waals surface area contributed by atoms with Crippen molar-refractivity contribution in [2.45, 2.75) is 45.1 Å². The standard InChI is InChI=1S/C21H25N5OS/c1-15-13-26-19(22-20(15)24-8-4-5-9-24)12-17(23-26)18-6-2-3-10-25(18)21(27)16-7-11-28-14-16/h7,11-14,18H,2-6,8-10H2,1H3/t18-/m0/s1. The lowest BCUT2D eigenvalue weighted by Crippen LogP contribution is -2.38. The number of carbonyl (C=O) groups excluding carboxylic acids is 1. The molecule has 2 aliphatic rings. The minimum atomic E-state index is 0.0263. The number of hydrogen-bond acceptors (Lipinski definition) is 5. The summed E-state index contributed by atoms with van der Waals surface area (Å²) in [6.45, 7) is 5.06. The smallest absolute Gasteiger partial charge is 0.255 e. The molecule has 2 saturated heterocycles. The number of amides is 1. The number of rotatable bonds is 3. The van der Waals surface area contributed by atoms with E-state index in [0.717, 1.165) is 67.2 Å². The van der Waals surface area contributed by atoms with Crippen LogP contribution in [0, 0.1) is 6.92 Å². The first-order chi connectivity index (χ1) is 13.7. The number of piperidine rings is 1. The van der Waals surface area contributed by atoms with Crippen molar-refractivity contribution in [3.05, 3.63) is 45.9 Å². The molecule has 5 rings (SSSR count). The molecule has 1 amide bonds. The van der Waals surface area contributed by atoms with Crippen LogP contribution in [-0.4, -0.2) is 45.0 Å². The summed E-state index contributed by atoms with van der Waals surface area (Å²) in [4.78, 5) is 22.3. The molecule has 0 saturated carbocycles. The van der Waals surface area contributed by atoms with Gasteiger partial charge in [-0.05, 0) is 50.5 Å². The van der Waals surface area contributed by atoms with Crippen molar-refractivity contribution in [2.24, 2.45) is 0 Å². The van der Waals surface area contributed by atoms with Crippen LogP contribution in [0.25, 0.3) is 5.65 Å². The zero-order valence-electron chi connectivity index (χ0n) is 16.2. The zero-order chi connectivity index (χ0) is 19.1. The molecule has 0 spiro atoms. The molecule has 3 aromatic rings. The predicted octanol–water partition coefficient (Wildman–Crippen LogP) is 4.07. The molecule has 2 fully saturated rings. The van der Waals surface area contributed by atoms with Crippen LogP contribution in [0.3, 0.4) is 0 Å². The minimum absolute atomic E-state index is 0.0263. The Balaban J connectivity index is 1.49. The van der Waals surface area contributed by atoms with E-state index in [1.54, 1.807) is 11.3 Å². The van der Waals surface area contributed by atoms with Crippen molar-refractivity contribution in [1.29, 1.82) is 0 Å². The lowest BCUT2D eigenvalue weighted by atomic mass is 9.98. The van der Waals surface area contributed by atoms with Crippen LogP contribution >= 0.6 is 11.3 Å². The Morgan fingerprint density at radius 3 is 2.79 bits per heavy atom. The topological polar surface area (TPSA) is 53.7 Å². The number of aryl methyl sites for hydroxylation is 1. The number of nitrogens with zero attached hydrogens (tertiary/aromatic N) is 5. The first-order valence-corrected chi connectivity index (χ1v) is 11.1. The van der Waals surface area contributed by atoms with Crippen LogP contribution in [0.1, 0.15) is 59.8 Å². The highest BCUT2D eigenvalue weighted by atomic mass is 32.1. The Morgan fingerprint density at radius 1 is 1.18 bits per heavy atom. The third-order valence-corrected chi connectivity index (χ3v) is 6.59. The highest BCUT2D eigenvalue weighted by Crippen LogP contribution is 2.33.